The molecule has 1 aromatic heterocycles. The van der Waals surface area contributed by atoms with Gasteiger partial charge in [-0.1, -0.05) is 29.8 Å². The highest BCUT2D eigenvalue weighted by Crippen LogP contribution is 2.20. The fourth-order valence-electron chi connectivity index (χ4n) is 3.16. The number of piperidine rings is 1. The van der Waals surface area contributed by atoms with Crippen molar-refractivity contribution in [2.24, 2.45) is 5.92 Å². The molecule has 1 saturated heterocycles. The maximum absolute atomic E-state index is 12.8. The third-order valence-electron chi connectivity index (χ3n) is 4.50. The molecule has 0 aliphatic carbocycles. The lowest BCUT2D eigenvalue weighted by Crippen LogP contribution is -2.42. The van der Waals surface area contributed by atoms with Crippen LogP contribution in [0.25, 0.3) is 0 Å². The number of rotatable bonds is 5. The van der Waals surface area contributed by atoms with E-state index >= 15 is 0 Å². The number of amides is 1. The third kappa shape index (κ3) is 4.25. The van der Waals surface area contributed by atoms with E-state index in [9.17, 15) is 9.59 Å². The van der Waals surface area contributed by atoms with Gasteiger partial charge in [0.25, 0.3) is 5.91 Å². The van der Waals surface area contributed by atoms with E-state index in [1.165, 1.54) is 0 Å². The molecule has 2 heterocycles. The number of hydrogen-bond donors (Lipinski definition) is 0. The Morgan fingerprint density at radius 3 is 2.92 bits per heavy atom. The summed E-state index contributed by atoms with van der Waals surface area (Å²) in [4.78, 5) is 26.4. The number of aromatic nitrogens is 2. The van der Waals surface area contributed by atoms with Crippen molar-refractivity contribution in [3.8, 4) is 0 Å². The molecule has 7 heteroatoms. The summed E-state index contributed by atoms with van der Waals surface area (Å²) in [5.74, 6) is -0.574. The van der Waals surface area contributed by atoms with E-state index < -0.39 is 0 Å². The minimum atomic E-state index is -0.245. The smallest absolute Gasteiger partial charge is 0.310 e. The molecule has 1 amide bonds. The SMILES string of the molecule is CCOC(=O)C1CCCN(C(=O)c2cnn(Cc3ccccc3Cl)c2)C1. The predicted molar refractivity (Wildman–Crippen MR) is 98.0 cm³/mol. The Morgan fingerprint density at radius 2 is 2.15 bits per heavy atom. The zero-order valence-electron chi connectivity index (χ0n) is 14.7. The molecule has 0 bridgehead atoms. The highest BCUT2D eigenvalue weighted by Gasteiger charge is 2.30. The van der Waals surface area contributed by atoms with Crippen molar-refractivity contribution in [3.63, 3.8) is 0 Å². The van der Waals surface area contributed by atoms with Crippen LogP contribution in [0.15, 0.2) is 36.7 Å². The standard InChI is InChI=1S/C19H22ClN3O3/c1-2-26-19(25)15-7-5-9-22(11-15)18(24)16-10-21-23(13-16)12-14-6-3-4-8-17(14)20/h3-4,6,8,10,13,15H,2,5,7,9,11-12H2,1H3. The van der Waals surface area contributed by atoms with E-state index in [0.29, 0.717) is 36.8 Å². The zero-order chi connectivity index (χ0) is 18.5. The summed E-state index contributed by atoms with van der Waals surface area (Å²) < 4.78 is 6.79. The van der Waals surface area contributed by atoms with Crippen LogP contribution in [-0.2, 0) is 16.1 Å². The summed E-state index contributed by atoms with van der Waals surface area (Å²) in [7, 11) is 0. The van der Waals surface area contributed by atoms with Crippen molar-refractivity contribution < 1.29 is 14.3 Å². The monoisotopic (exact) mass is 375 g/mol. The number of benzene rings is 1. The van der Waals surface area contributed by atoms with Gasteiger partial charge in [0.05, 0.1) is 30.8 Å². The first-order chi connectivity index (χ1) is 12.6. The minimum Gasteiger partial charge on any atom is -0.466 e. The van der Waals surface area contributed by atoms with Crippen LogP contribution in [-0.4, -0.2) is 46.3 Å². The molecule has 0 spiro atoms. The van der Waals surface area contributed by atoms with E-state index in [-0.39, 0.29) is 17.8 Å². The van der Waals surface area contributed by atoms with Gasteiger partial charge in [-0.15, -0.1) is 0 Å². The van der Waals surface area contributed by atoms with Crippen molar-refractivity contribution in [2.75, 3.05) is 19.7 Å². The Kier molecular flexibility index (Phi) is 5.93. The lowest BCUT2D eigenvalue weighted by molar-refractivity contribution is -0.149. The number of likely N-dealkylation sites (tertiary alicyclic amines) is 1. The molecule has 6 nitrogen and oxygen atoms in total. The van der Waals surface area contributed by atoms with Crippen LogP contribution in [0.1, 0.15) is 35.7 Å². The molecule has 26 heavy (non-hydrogen) atoms. The second-order valence-electron chi connectivity index (χ2n) is 6.36. The molecule has 0 saturated carbocycles. The van der Waals surface area contributed by atoms with Gasteiger partial charge in [-0.05, 0) is 31.4 Å². The first-order valence-electron chi connectivity index (χ1n) is 8.80. The van der Waals surface area contributed by atoms with E-state index in [1.54, 1.807) is 28.9 Å². The van der Waals surface area contributed by atoms with Gasteiger partial charge in [0.1, 0.15) is 0 Å². The third-order valence-corrected chi connectivity index (χ3v) is 4.87. The fourth-order valence-corrected chi connectivity index (χ4v) is 3.35. The Morgan fingerprint density at radius 1 is 1.35 bits per heavy atom. The molecule has 1 atom stereocenters. The van der Waals surface area contributed by atoms with Crippen LogP contribution in [0.5, 0.6) is 0 Å². The van der Waals surface area contributed by atoms with Gasteiger partial charge in [0.2, 0.25) is 0 Å². The number of carbonyl (C=O) groups is 2. The summed E-state index contributed by atoms with van der Waals surface area (Å²) in [6.07, 6.45) is 4.84. The summed E-state index contributed by atoms with van der Waals surface area (Å²) >= 11 is 6.18. The first-order valence-corrected chi connectivity index (χ1v) is 9.18. The van der Waals surface area contributed by atoms with Crippen LogP contribution in [0.2, 0.25) is 5.02 Å². The van der Waals surface area contributed by atoms with E-state index in [2.05, 4.69) is 5.10 Å². The zero-order valence-corrected chi connectivity index (χ0v) is 15.5. The molecule has 1 fully saturated rings. The number of carbonyl (C=O) groups excluding carboxylic acids is 2. The first kappa shape index (κ1) is 18.5. The number of ether oxygens (including phenoxy) is 1. The molecule has 1 aliphatic rings. The van der Waals surface area contributed by atoms with Crippen LogP contribution in [0, 0.1) is 5.92 Å². The van der Waals surface area contributed by atoms with Gasteiger partial charge < -0.3 is 9.64 Å². The molecule has 0 radical (unpaired) electrons. The van der Waals surface area contributed by atoms with Crippen LogP contribution in [0.4, 0.5) is 0 Å². The van der Waals surface area contributed by atoms with Crippen LogP contribution >= 0.6 is 11.6 Å². The van der Waals surface area contributed by atoms with Crippen molar-refractivity contribution in [1.82, 2.24) is 14.7 Å². The summed E-state index contributed by atoms with van der Waals surface area (Å²) in [5.41, 5.74) is 1.46. The molecule has 138 valence electrons. The van der Waals surface area contributed by atoms with E-state index in [0.717, 1.165) is 18.4 Å². The summed E-state index contributed by atoms with van der Waals surface area (Å²) in [6, 6.07) is 7.55. The molecule has 3 rings (SSSR count). The molecule has 1 unspecified atom stereocenters. The van der Waals surface area contributed by atoms with E-state index in [1.807, 2.05) is 24.3 Å². The Hall–Kier alpha value is -2.34. The van der Waals surface area contributed by atoms with Crippen LogP contribution < -0.4 is 0 Å². The molecular weight excluding hydrogens is 354 g/mol. The van der Waals surface area contributed by atoms with Gasteiger partial charge >= 0.3 is 5.97 Å². The Balaban J connectivity index is 1.66. The highest BCUT2D eigenvalue weighted by atomic mass is 35.5. The summed E-state index contributed by atoms with van der Waals surface area (Å²) in [5, 5.41) is 4.94. The highest BCUT2D eigenvalue weighted by molar-refractivity contribution is 6.31. The molecule has 0 N–H and O–H groups in total. The molecule has 1 aromatic carbocycles. The van der Waals surface area contributed by atoms with E-state index in [4.69, 9.17) is 16.3 Å². The number of esters is 1. The Labute approximate surface area is 157 Å². The average molecular weight is 376 g/mol. The largest absolute Gasteiger partial charge is 0.466 e. The van der Waals surface area contributed by atoms with Gasteiger partial charge in [-0.2, -0.15) is 5.10 Å². The quantitative estimate of drug-likeness (QED) is 0.753. The normalized spacial score (nSPS) is 17.2. The average Bonchev–Trinajstić information content (AvgIpc) is 3.12. The Bertz CT molecular complexity index is 790. The predicted octanol–water partition coefficient (Wildman–Crippen LogP) is 3.00. The number of nitrogens with zero attached hydrogens (tertiary/aromatic N) is 3. The van der Waals surface area contributed by atoms with Gasteiger partial charge in [0.15, 0.2) is 0 Å². The number of hydrogen-bond acceptors (Lipinski definition) is 4. The topological polar surface area (TPSA) is 64.4 Å². The lowest BCUT2D eigenvalue weighted by Gasteiger charge is -2.31. The molecular formula is C19H22ClN3O3. The van der Waals surface area contributed by atoms with Gasteiger partial charge in [-0.25, -0.2) is 0 Å². The van der Waals surface area contributed by atoms with Crippen molar-refractivity contribution in [1.29, 1.82) is 0 Å². The second kappa shape index (κ2) is 8.36. The van der Waals surface area contributed by atoms with Crippen LogP contribution in [0.3, 0.4) is 0 Å². The lowest BCUT2D eigenvalue weighted by atomic mass is 9.98. The maximum atomic E-state index is 12.8. The second-order valence-corrected chi connectivity index (χ2v) is 6.77. The van der Waals surface area contributed by atoms with Crippen molar-refractivity contribution in [2.45, 2.75) is 26.3 Å². The molecule has 1 aliphatic heterocycles. The summed E-state index contributed by atoms with van der Waals surface area (Å²) in [6.45, 7) is 3.69. The number of halogens is 1. The minimum absolute atomic E-state index is 0.107. The van der Waals surface area contributed by atoms with Crippen molar-refractivity contribution in [3.05, 3.63) is 52.8 Å². The maximum Gasteiger partial charge on any atom is 0.310 e. The molecule has 2 aromatic rings. The van der Waals surface area contributed by atoms with Gasteiger partial charge in [-0.3, -0.25) is 14.3 Å². The fraction of sp³-hybridized carbons (Fsp3) is 0.421. The van der Waals surface area contributed by atoms with Crippen molar-refractivity contribution >= 4 is 23.5 Å². The van der Waals surface area contributed by atoms with Gasteiger partial charge in [0, 0.05) is 24.3 Å².